The Bertz CT molecular complexity index is 847. The Labute approximate surface area is 144 Å². The minimum atomic E-state index is -0.581. The first-order valence-electron chi connectivity index (χ1n) is 7.80. The van der Waals surface area contributed by atoms with E-state index < -0.39 is 6.10 Å². The molecule has 0 bridgehead atoms. The Kier molecular flexibility index (Phi) is 5.30. The molecule has 0 spiro atoms. The summed E-state index contributed by atoms with van der Waals surface area (Å²) >= 11 is 1.63. The third-order valence-corrected chi connectivity index (χ3v) is 4.86. The Balaban J connectivity index is 1.83. The molecule has 0 radical (unpaired) electrons. The summed E-state index contributed by atoms with van der Waals surface area (Å²) in [6.07, 6.45) is 2.75. The predicted octanol–water partition coefficient (Wildman–Crippen LogP) is 1.71. The molecule has 7 heteroatoms. The fourth-order valence-electron chi connectivity index (χ4n) is 2.55. The fraction of sp³-hybridized carbons (Fsp3) is 0.412. The minimum absolute atomic E-state index is 0.127. The lowest BCUT2D eigenvalue weighted by Crippen LogP contribution is -2.34. The highest BCUT2D eigenvalue weighted by Gasteiger charge is 2.29. The van der Waals surface area contributed by atoms with Gasteiger partial charge in [0, 0.05) is 18.9 Å². The number of amides is 1. The van der Waals surface area contributed by atoms with Gasteiger partial charge in [0.15, 0.2) is 12.8 Å². The van der Waals surface area contributed by atoms with Crippen LogP contribution < -0.4 is 9.93 Å². The van der Waals surface area contributed by atoms with Gasteiger partial charge in [0.2, 0.25) is 0 Å². The monoisotopic (exact) mass is 344 g/mol. The zero-order chi connectivity index (χ0) is 16.9. The zero-order valence-corrected chi connectivity index (χ0v) is 14.2. The van der Waals surface area contributed by atoms with E-state index in [1.54, 1.807) is 18.4 Å². The number of ether oxygens (including phenoxy) is 2. The van der Waals surface area contributed by atoms with Crippen molar-refractivity contribution in [3.8, 4) is 6.07 Å². The lowest BCUT2D eigenvalue weighted by atomic mass is 10.2. The normalized spacial score (nSPS) is 19.5. The highest BCUT2D eigenvalue weighted by atomic mass is 32.1. The molecular weight excluding hydrogens is 326 g/mol. The number of thiazole rings is 1. The summed E-state index contributed by atoms with van der Waals surface area (Å²) in [6.45, 7) is 1.68. The molecule has 0 saturated carbocycles. The van der Waals surface area contributed by atoms with Crippen LogP contribution in [0, 0.1) is 18.1 Å². The quantitative estimate of drug-likeness (QED) is 0.453. The lowest BCUT2D eigenvalue weighted by Gasteiger charge is -2.04. The average molecular weight is 344 g/mol. The molecule has 1 amide bonds. The van der Waals surface area contributed by atoms with Crippen LogP contribution in [0.5, 0.6) is 0 Å². The SMILES string of the molecule is COC[C@@H]1O[CH-][N+](=c2cc3sc(CCCCC#N)nc3c[cH-]2)C1=O. The van der Waals surface area contributed by atoms with Gasteiger partial charge < -0.3 is 14.5 Å². The second-order valence-electron chi connectivity index (χ2n) is 5.52. The molecule has 1 aliphatic heterocycles. The highest BCUT2D eigenvalue weighted by Crippen LogP contribution is 2.22. The van der Waals surface area contributed by atoms with Gasteiger partial charge in [-0.2, -0.15) is 17.4 Å². The van der Waals surface area contributed by atoms with Crippen LogP contribution in [0.1, 0.15) is 24.3 Å². The van der Waals surface area contributed by atoms with Gasteiger partial charge in [-0.3, -0.25) is 9.37 Å². The Morgan fingerprint density at radius 1 is 1.54 bits per heavy atom. The van der Waals surface area contributed by atoms with E-state index in [1.807, 2.05) is 18.2 Å². The number of unbranched alkanes of at least 4 members (excludes halogenated alkanes) is 2. The molecule has 0 aliphatic carbocycles. The molecule has 1 aromatic carbocycles. The molecule has 1 aromatic heterocycles. The van der Waals surface area contributed by atoms with E-state index in [4.69, 9.17) is 14.7 Å². The van der Waals surface area contributed by atoms with Gasteiger partial charge in [0.05, 0.1) is 17.7 Å². The number of rotatable bonds is 6. The van der Waals surface area contributed by atoms with Gasteiger partial charge in [-0.25, -0.2) is 0 Å². The zero-order valence-electron chi connectivity index (χ0n) is 13.4. The molecule has 1 fully saturated rings. The van der Waals surface area contributed by atoms with Crippen LogP contribution in [-0.2, 0) is 20.7 Å². The minimum Gasteiger partial charge on any atom is -0.382 e. The molecule has 0 unspecified atom stereocenters. The summed E-state index contributed by atoms with van der Waals surface area (Å²) in [5, 5.41) is 10.4. The summed E-state index contributed by atoms with van der Waals surface area (Å²) in [7, 11) is 1.54. The molecule has 2 aromatic rings. The van der Waals surface area contributed by atoms with E-state index >= 15 is 0 Å². The number of fused-ring (bicyclic) bond motifs is 1. The standard InChI is InChI=1S/C17H18N3O3S/c1-22-10-14-17(21)20(11-23-14)12-6-7-13-15(9-12)24-16(19-13)5-3-2-4-8-18/h6-7,9,11,14H,2-5,10H2,1H3/q-1/t14-/m0/s1. The van der Waals surface area contributed by atoms with Gasteiger partial charge in [-0.1, -0.05) is 4.70 Å². The number of nitrogens with zero attached hydrogens (tertiary/aromatic N) is 3. The van der Waals surface area contributed by atoms with Crippen molar-refractivity contribution in [2.24, 2.45) is 0 Å². The topological polar surface area (TPSA) is 75.2 Å². The van der Waals surface area contributed by atoms with E-state index in [9.17, 15) is 4.79 Å². The third-order valence-electron chi connectivity index (χ3n) is 3.79. The first-order valence-corrected chi connectivity index (χ1v) is 8.62. The molecule has 6 nitrogen and oxygen atoms in total. The van der Waals surface area contributed by atoms with Gasteiger partial charge in [0.1, 0.15) is 0 Å². The maximum atomic E-state index is 12.3. The van der Waals surface area contributed by atoms with Crippen molar-refractivity contribution in [1.82, 2.24) is 9.56 Å². The average Bonchev–Trinajstić information content (AvgIpc) is 3.15. The second-order valence-corrected chi connectivity index (χ2v) is 6.63. The number of aryl methyl sites for hydroxylation is 1. The van der Waals surface area contributed by atoms with E-state index in [-0.39, 0.29) is 12.5 Å². The second kappa shape index (κ2) is 7.62. The number of carbonyl (C=O) groups excluding carboxylic acids is 1. The van der Waals surface area contributed by atoms with Crippen LogP contribution in [0.3, 0.4) is 0 Å². The first-order chi connectivity index (χ1) is 11.7. The van der Waals surface area contributed by atoms with Crippen molar-refractivity contribution in [3.63, 3.8) is 0 Å². The van der Waals surface area contributed by atoms with Crippen molar-refractivity contribution >= 4 is 27.5 Å². The van der Waals surface area contributed by atoms with Crippen LogP contribution in [0.15, 0.2) is 18.2 Å². The van der Waals surface area contributed by atoms with E-state index in [0.717, 1.165) is 39.8 Å². The maximum Gasteiger partial charge on any atom is 0.313 e. The number of carbonyl (C=O) groups is 1. The van der Waals surface area contributed by atoms with Gasteiger partial charge >= 0.3 is 5.91 Å². The van der Waals surface area contributed by atoms with Crippen LogP contribution in [0.2, 0.25) is 0 Å². The summed E-state index contributed by atoms with van der Waals surface area (Å²) < 4.78 is 12.9. The largest absolute Gasteiger partial charge is 0.382 e. The van der Waals surface area contributed by atoms with Crippen LogP contribution in [0.4, 0.5) is 0 Å². The number of aromatic nitrogens is 1. The van der Waals surface area contributed by atoms with E-state index in [0.29, 0.717) is 6.42 Å². The van der Waals surface area contributed by atoms with Gasteiger partial charge in [0.25, 0.3) is 0 Å². The Morgan fingerprint density at radius 3 is 3.21 bits per heavy atom. The number of hydrogen-bond acceptors (Lipinski definition) is 6. The van der Waals surface area contributed by atoms with Crippen LogP contribution in [0.25, 0.3) is 10.2 Å². The van der Waals surface area contributed by atoms with E-state index in [1.165, 1.54) is 11.3 Å². The maximum absolute atomic E-state index is 12.3. The lowest BCUT2D eigenvalue weighted by molar-refractivity contribution is -0.126. The van der Waals surface area contributed by atoms with Crippen molar-refractivity contribution in [2.45, 2.75) is 31.8 Å². The predicted molar refractivity (Wildman–Crippen MR) is 89.7 cm³/mol. The number of hydrogen-bond donors (Lipinski definition) is 0. The highest BCUT2D eigenvalue weighted by molar-refractivity contribution is 7.18. The molecule has 24 heavy (non-hydrogen) atoms. The molecule has 1 saturated heterocycles. The molecule has 2 heterocycles. The van der Waals surface area contributed by atoms with Gasteiger partial charge in [-0.05, 0) is 24.8 Å². The van der Waals surface area contributed by atoms with E-state index in [2.05, 4.69) is 11.1 Å². The molecule has 0 N–H and O–H groups in total. The Morgan fingerprint density at radius 2 is 2.42 bits per heavy atom. The number of benzene rings is 1. The smallest absolute Gasteiger partial charge is 0.313 e. The van der Waals surface area contributed by atoms with Gasteiger partial charge in [-0.15, -0.1) is 17.4 Å². The summed E-state index contributed by atoms with van der Waals surface area (Å²) in [5.41, 5.74) is 0.931. The van der Waals surface area contributed by atoms with Crippen molar-refractivity contribution in [2.75, 3.05) is 13.7 Å². The van der Waals surface area contributed by atoms with Crippen molar-refractivity contribution in [3.05, 3.63) is 35.3 Å². The molecular formula is C17H18N3O3S-. The summed E-state index contributed by atoms with van der Waals surface area (Å²) in [4.78, 5) is 16.9. The van der Waals surface area contributed by atoms with Crippen molar-refractivity contribution < 1.29 is 14.3 Å². The fourth-order valence-corrected chi connectivity index (χ4v) is 3.59. The summed E-state index contributed by atoms with van der Waals surface area (Å²) in [6, 6.07) is 7.91. The van der Waals surface area contributed by atoms with Crippen LogP contribution in [-0.4, -0.2) is 30.7 Å². The summed E-state index contributed by atoms with van der Waals surface area (Å²) in [5.74, 6) is -0.127. The van der Waals surface area contributed by atoms with Crippen molar-refractivity contribution in [1.29, 1.82) is 5.26 Å². The Hall–Kier alpha value is -2.14. The molecule has 126 valence electrons. The van der Waals surface area contributed by atoms with Crippen LogP contribution >= 0.6 is 11.3 Å². The molecule has 1 aliphatic rings. The molecule has 1 atom stereocenters. The first kappa shape index (κ1) is 16.7. The third kappa shape index (κ3) is 3.51. The molecule has 3 rings (SSSR count). The number of methoxy groups -OCH3 is 1. The number of nitriles is 1.